The summed E-state index contributed by atoms with van der Waals surface area (Å²) in [6.07, 6.45) is 0. The lowest BCUT2D eigenvalue weighted by atomic mass is 10.1. The summed E-state index contributed by atoms with van der Waals surface area (Å²) in [7, 11) is 0. The first-order valence-corrected chi connectivity index (χ1v) is 9.59. The molecule has 1 saturated heterocycles. The van der Waals surface area contributed by atoms with Crippen molar-refractivity contribution in [3.8, 4) is 11.5 Å². The van der Waals surface area contributed by atoms with Gasteiger partial charge in [-0.2, -0.15) is 0 Å². The molecule has 0 bridgehead atoms. The van der Waals surface area contributed by atoms with Crippen LogP contribution in [0, 0.1) is 11.6 Å². The Kier molecular flexibility index (Phi) is 4.04. The van der Waals surface area contributed by atoms with Crippen molar-refractivity contribution in [2.45, 2.75) is 0 Å². The molecule has 2 aliphatic heterocycles. The van der Waals surface area contributed by atoms with E-state index in [9.17, 15) is 13.6 Å². The third-order valence-electron chi connectivity index (χ3n) is 4.86. The number of ether oxygens (including phenoxy) is 2. The van der Waals surface area contributed by atoms with Gasteiger partial charge in [0.15, 0.2) is 22.4 Å². The molecule has 0 atom stereocenters. The van der Waals surface area contributed by atoms with Crippen LogP contribution in [-0.4, -0.2) is 48.8 Å². The smallest absolute Gasteiger partial charge is 0.254 e. The van der Waals surface area contributed by atoms with Crippen LogP contribution in [-0.2, 0) is 0 Å². The van der Waals surface area contributed by atoms with Crippen LogP contribution in [0.25, 0.3) is 10.2 Å². The molecule has 9 heteroatoms. The Balaban J connectivity index is 1.30. The number of amides is 1. The first kappa shape index (κ1) is 17.2. The Morgan fingerprint density at radius 1 is 1.04 bits per heavy atom. The van der Waals surface area contributed by atoms with Gasteiger partial charge in [0.05, 0.1) is 4.70 Å². The second kappa shape index (κ2) is 6.59. The number of nitrogens with zero attached hydrogens (tertiary/aromatic N) is 3. The van der Waals surface area contributed by atoms with Gasteiger partial charge in [-0.15, -0.1) is 0 Å². The molecule has 6 nitrogen and oxygen atoms in total. The van der Waals surface area contributed by atoms with Crippen LogP contribution in [0.3, 0.4) is 0 Å². The average Bonchev–Trinajstić information content (AvgIpc) is 3.33. The van der Waals surface area contributed by atoms with Crippen LogP contribution >= 0.6 is 11.3 Å². The minimum Gasteiger partial charge on any atom is -0.454 e. The highest BCUT2D eigenvalue weighted by molar-refractivity contribution is 7.22. The number of thiazole rings is 1. The molecule has 3 aromatic rings. The zero-order chi connectivity index (χ0) is 19.3. The van der Waals surface area contributed by atoms with Crippen molar-refractivity contribution in [3.05, 3.63) is 47.5 Å². The molecule has 1 fully saturated rings. The number of carbonyl (C=O) groups excluding carboxylic acids is 1. The summed E-state index contributed by atoms with van der Waals surface area (Å²) in [5, 5.41) is 0.634. The second-order valence-electron chi connectivity index (χ2n) is 6.58. The minimum atomic E-state index is -0.658. The van der Waals surface area contributed by atoms with Crippen molar-refractivity contribution in [1.82, 2.24) is 9.88 Å². The lowest BCUT2D eigenvalue weighted by molar-refractivity contribution is 0.0746. The molecule has 0 aliphatic carbocycles. The number of fused-ring (bicyclic) bond motifs is 2. The molecule has 28 heavy (non-hydrogen) atoms. The number of anilines is 1. The number of hydrogen-bond acceptors (Lipinski definition) is 6. The van der Waals surface area contributed by atoms with Gasteiger partial charge in [-0.1, -0.05) is 11.3 Å². The van der Waals surface area contributed by atoms with Crippen molar-refractivity contribution in [3.63, 3.8) is 0 Å². The average molecular weight is 403 g/mol. The van der Waals surface area contributed by atoms with Gasteiger partial charge in [-0.3, -0.25) is 4.79 Å². The lowest BCUT2D eigenvalue weighted by Crippen LogP contribution is -2.48. The predicted octanol–water partition coefficient (Wildman–Crippen LogP) is 3.27. The Bertz CT molecular complexity index is 1080. The Labute approximate surface area is 162 Å². The van der Waals surface area contributed by atoms with Gasteiger partial charge in [-0.05, 0) is 24.3 Å². The number of aromatic nitrogens is 1. The van der Waals surface area contributed by atoms with Gasteiger partial charge in [-0.25, -0.2) is 13.8 Å². The van der Waals surface area contributed by atoms with E-state index in [4.69, 9.17) is 9.47 Å². The van der Waals surface area contributed by atoms with E-state index in [0.29, 0.717) is 53.1 Å². The van der Waals surface area contributed by atoms with E-state index in [2.05, 4.69) is 4.98 Å². The van der Waals surface area contributed by atoms with E-state index in [1.54, 1.807) is 23.1 Å². The van der Waals surface area contributed by atoms with Gasteiger partial charge >= 0.3 is 0 Å². The largest absolute Gasteiger partial charge is 0.454 e. The van der Waals surface area contributed by atoms with Crippen LogP contribution in [0.1, 0.15) is 10.4 Å². The molecule has 144 valence electrons. The Morgan fingerprint density at radius 2 is 1.82 bits per heavy atom. The minimum absolute atomic E-state index is 0.0737. The molecule has 2 aromatic carbocycles. The zero-order valence-corrected chi connectivity index (χ0v) is 15.5. The molecule has 0 saturated carbocycles. The number of halogens is 2. The third-order valence-corrected chi connectivity index (χ3v) is 5.92. The van der Waals surface area contributed by atoms with E-state index >= 15 is 0 Å². The highest BCUT2D eigenvalue weighted by atomic mass is 32.1. The van der Waals surface area contributed by atoms with Gasteiger partial charge in [0.2, 0.25) is 6.79 Å². The van der Waals surface area contributed by atoms with Crippen LogP contribution in [0.2, 0.25) is 0 Å². The van der Waals surface area contributed by atoms with Crippen LogP contribution in [0.15, 0.2) is 30.3 Å². The molecule has 1 aromatic heterocycles. The molecule has 1 amide bonds. The first-order valence-electron chi connectivity index (χ1n) is 8.78. The number of carbonyl (C=O) groups is 1. The summed E-state index contributed by atoms with van der Waals surface area (Å²) in [5.74, 6) is -0.127. The van der Waals surface area contributed by atoms with Crippen LogP contribution in [0.5, 0.6) is 11.5 Å². The topological polar surface area (TPSA) is 54.9 Å². The third kappa shape index (κ3) is 2.91. The number of hydrogen-bond donors (Lipinski definition) is 0. The van der Waals surface area contributed by atoms with Crippen molar-refractivity contribution in [1.29, 1.82) is 0 Å². The lowest BCUT2D eigenvalue weighted by Gasteiger charge is -2.34. The molecule has 0 N–H and O–H groups in total. The fourth-order valence-corrected chi connectivity index (χ4v) is 4.45. The molecule has 5 rings (SSSR count). The summed E-state index contributed by atoms with van der Waals surface area (Å²) in [4.78, 5) is 20.8. The molecule has 3 heterocycles. The number of benzene rings is 2. The highest BCUT2D eigenvalue weighted by Crippen LogP contribution is 2.34. The molecule has 2 aliphatic rings. The van der Waals surface area contributed by atoms with Crippen LogP contribution < -0.4 is 14.4 Å². The van der Waals surface area contributed by atoms with E-state index < -0.39 is 11.6 Å². The summed E-state index contributed by atoms with van der Waals surface area (Å²) >= 11 is 1.25. The van der Waals surface area contributed by atoms with Crippen molar-refractivity contribution in [2.24, 2.45) is 0 Å². The standard InChI is InChI=1S/C19H15F2N3O3S/c20-12-8-13(21)17-16(9-12)28-19(22-17)24-5-3-23(4-6-24)18(25)11-1-2-14-15(7-11)27-10-26-14/h1-2,7-9H,3-6,10H2. The van der Waals surface area contributed by atoms with E-state index in [1.165, 1.54) is 17.4 Å². The maximum Gasteiger partial charge on any atom is 0.254 e. The number of rotatable bonds is 2. The quantitative estimate of drug-likeness (QED) is 0.658. The molecule has 0 spiro atoms. The van der Waals surface area contributed by atoms with E-state index in [-0.39, 0.29) is 18.2 Å². The summed E-state index contributed by atoms with van der Waals surface area (Å²) in [6, 6.07) is 7.29. The maximum absolute atomic E-state index is 13.9. The molecule has 0 radical (unpaired) electrons. The van der Waals surface area contributed by atoms with Crippen molar-refractivity contribution >= 4 is 32.6 Å². The van der Waals surface area contributed by atoms with Crippen molar-refractivity contribution in [2.75, 3.05) is 37.9 Å². The fourth-order valence-electron chi connectivity index (χ4n) is 3.39. The van der Waals surface area contributed by atoms with Crippen molar-refractivity contribution < 1.29 is 23.0 Å². The fraction of sp³-hybridized carbons (Fsp3) is 0.263. The monoisotopic (exact) mass is 403 g/mol. The van der Waals surface area contributed by atoms with Gasteiger partial charge in [0.25, 0.3) is 5.91 Å². The van der Waals surface area contributed by atoms with Gasteiger partial charge in [0, 0.05) is 37.8 Å². The van der Waals surface area contributed by atoms with Gasteiger partial charge < -0.3 is 19.3 Å². The zero-order valence-electron chi connectivity index (χ0n) is 14.7. The molecule has 0 unspecified atom stereocenters. The van der Waals surface area contributed by atoms with Crippen LogP contribution in [0.4, 0.5) is 13.9 Å². The van der Waals surface area contributed by atoms with E-state index in [0.717, 1.165) is 6.07 Å². The summed E-state index contributed by atoms with van der Waals surface area (Å²) in [6.45, 7) is 2.33. The highest BCUT2D eigenvalue weighted by Gasteiger charge is 2.26. The summed E-state index contributed by atoms with van der Waals surface area (Å²) < 4.78 is 38.4. The predicted molar refractivity (Wildman–Crippen MR) is 100 cm³/mol. The summed E-state index contributed by atoms with van der Waals surface area (Å²) in [5.41, 5.74) is 0.732. The Morgan fingerprint density at radius 3 is 2.64 bits per heavy atom. The maximum atomic E-state index is 13.9. The number of piperazine rings is 1. The van der Waals surface area contributed by atoms with Gasteiger partial charge in [0.1, 0.15) is 11.3 Å². The molecular formula is C19H15F2N3O3S. The van der Waals surface area contributed by atoms with E-state index in [1.807, 2.05) is 4.90 Å². The molecular weight excluding hydrogens is 388 g/mol. The SMILES string of the molecule is O=C(c1ccc2c(c1)OCO2)N1CCN(c2nc3c(F)cc(F)cc3s2)CC1. The second-order valence-corrected chi connectivity index (χ2v) is 7.59. The Hall–Kier alpha value is -2.94. The normalized spacial score (nSPS) is 16.1. The first-order chi connectivity index (χ1) is 13.6.